The zero-order chi connectivity index (χ0) is 14.7. The molecule has 104 valence electrons. The lowest BCUT2D eigenvalue weighted by atomic mass is 10.2. The second kappa shape index (κ2) is 5.93. The Kier molecular flexibility index (Phi) is 4.26. The van der Waals surface area contributed by atoms with E-state index in [0.717, 1.165) is 22.5 Å². The molecule has 0 aromatic carbocycles. The number of aryl methyl sites for hydroxylation is 2. The number of hydrogen-bond acceptors (Lipinski definition) is 5. The predicted octanol–water partition coefficient (Wildman–Crippen LogP) is 0.525. The maximum Gasteiger partial charge on any atom is 0.390 e. The monoisotopic (exact) mass is 307 g/mol. The summed E-state index contributed by atoms with van der Waals surface area (Å²) in [5, 5.41) is 7.27. The van der Waals surface area contributed by atoms with Crippen LogP contribution in [0.3, 0.4) is 0 Å². The van der Waals surface area contributed by atoms with Crippen molar-refractivity contribution in [3.8, 4) is 5.82 Å². The molecule has 2 heterocycles. The second-order valence-corrected chi connectivity index (χ2v) is 5.64. The van der Waals surface area contributed by atoms with Gasteiger partial charge in [0.2, 0.25) is 0 Å². The van der Waals surface area contributed by atoms with Crippen molar-refractivity contribution in [1.82, 2.24) is 4.98 Å². The van der Waals surface area contributed by atoms with Crippen LogP contribution in [0.1, 0.15) is 16.0 Å². The molecule has 0 unspecified atom stereocenters. The van der Waals surface area contributed by atoms with Crippen molar-refractivity contribution in [3.63, 3.8) is 0 Å². The molecule has 0 bridgehead atoms. The van der Waals surface area contributed by atoms with Crippen molar-refractivity contribution >= 4 is 35.3 Å². The third-order valence-electron chi connectivity index (χ3n) is 2.39. The summed E-state index contributed by atoms with van der Waals surface area (Å²) in [5.74, 6) is 0.647. The Morgan fingerprint density at radius 3 is 2.70 bits per heavy atom. The normalized spacial score (nSPS) is 12.2. The fraction of sp³-hybridized carbons (Fsp3) is 0.167. The zero-order valence-electron chi connectivity index (χ0n) is 11.0. The van der Waals surface area contributed by atoms with Gasteiger partial charge in [0.15, 0.2) is 0 Å². The molecule has 0 aliphatic heterocycles. The summed E-state index contributed by atoms with van der Waals surface area (Å²) >= 11 is 5.65. The molecule has 20 heavy (non-hydrogen) atoms. The maximum atomic E-state index is 11.6. The second-order valence-electron chi connectivity index (χ2n) is 4.21. The van der Waals surface area contributed by atoms with Gasteiger partial charge in [-0.15, -0.1) is 0 Å². The number of aromatic nitrogens is 2. The number of pyridine rings is 1. The molecule has 3 N–H and O–H groups in total. The Hall–Kier alpha value is -2.06. The predicted molar refractivity (Wildman–Crippen MR) is 82.5 cm³/mol. The molecule has 2 aromatic heterocycles. The standard InChI is InChI=1S/C12H13N5OS2/c1-7-3-8(2)6-17(5-7)10-9(20-12(18)15-10)4-14-16-11(13)19/h3-6H,1-2H3,(H3-,13,14,15,16,18,19). The molecule has 0 fully saturated rings. The van der Waals surface area contributed by atoms with Crippen LogP contribution in [0.2, 0.25) is 0 Å². The van der Waals surface area contributed by atoms with E-state index in [-0.39, 0.29) is 10.0 Å². The third kappa shape index (κ3) is 3.49. The van der Waals surface area contributed by atoms with E-state index in [9.17, 15) is 4.79 Å². The van der Waals surface area contributed by atoms with Crippen molar-refractivity contribution in [2.24, 2.45) is 15.9 Å². The van der Waals surface area contributed by atoms with Gasteiger partial charge in [-0.25, -0.2) is 9.36 Å². The molecule has 2 rings (SSSR count). The largest absolute Gasteiger partial charge is 0.741 e. The Morgan fingerprint density at radius 1 is 1.45 bits per heavy atom. The summed E-state index contributed by atoms with van der Waals surface area (Å²) in [7, 11) is 0. The van der Waals surface area contributed by atoms with Crippen LogP contribution in [-0.4, -0.2) is 16.4 Å². The van der Waals surface area contributed by atoms with Crippen LogP contribution in [0.25, 0.3) is 5.82 Å². The topological polar surface area (TPSA) is 87.5 Å². The number of H-pyrrole nitrogens is 1. The summed E-state index contributed by atoms with van der Waals surface area (Å²) in [6.07, 6.45) is 5.31. The molecule has 0 saturated heterocycles. The SMILES string of the molecule is Cc1cc(C)c[n+](-c2[nH]c(=O)sc2C=N/N=C(/N)[S-])c1. The lowest BCUT2D eigenvalue weighted by molar-refractivity contribution is -0.600. The first-order chi connectivity index (χ1) is 9.45. The highest BCUT2D eigenvalue weighted by Crippen LogP contribution is 2.08. The highest BCUT2D eigenvalue weighted by molar-refractivity contribution is 7.77. The quantitative estimate of drug-likeness (QED) is 0.285. The molecule has 0 radical (unpaired) electrons. The minimum Gasteiger partial charge on any atom is -0.741 e. The number of nitrogens with one attached hydrogen (secondary N) is 1. The van der Waals surface area contributed by atoms with Gasteiger partial charge in [-0.1, -0.05) is 0 Å². The Morgan fingerprint density at radius 2 is 2.10 bits per heavy atom. The summed E-state index contributed by atoms with van der Waals surface area (Å²) in [6.45, 7) is 3.98. The smallest absolute Gasteiger partial charge is 0.390 e. The average molecular weight is 307 g/mol. The minimum atomic E-state index is -0.163. The third-order valence-corrected chi connectivity index (χ3v) is 3.27. The summed E-state index contributed by atoms with van der Waals surface area (Å²) < 4.78 is 1.85. The van der Waals surface area contributed by atoms with Gasteiger partial charge >= 0.3 is 10.7 Å². The number of nitrogens with zero attached hydrogens (tertiary/aromatic N) is 3. The van der Waals surface area contributed by atoms with Crippen LogP contribution in [0.4, 0.5) is 0 Å². The molecule has 8 heteroatoms. The van der Waals surface area contributed by atoms with Gasteiger partial charge in [0.1, 0.15) is 4.88 Å². The van der Waals surface area contributed by atoms with Crippen LogP contribution in [-0.2, 0) is 12.6 Å². The van der Waals surface area contributed by atoms with Crippen LogP contribution in [0, 0.1) is 13.8 Å². The van der Waals surface area contributed by atoms with Crippen molar-refractivity contribution in [3.05, 3.63) is 44.1 Å². The van der Waals surface area contributed by atoms with Crippen molar-refractivity contribution in [1.29, 1.82) is 0 Å². The molecular formula is C12H13N5OS2. The van der Waals surface area contributed by atoms with Gasteiger partial charge in [0, 0.05) is 0 Å². The van der Waals surface area contributed by atoms with Crippen LogP contribution in [0.15, 0.2) is 33.5 Å². The van der Waals surface area contributed by atoms with E-state index in [1.54, 1.807) is 0 Å². The molecular weight excluding hydrogens is 294 g/mol. The molecule has 0 saturated carbocycles. The van der Waals surface area contributed by atoms with Crippen molar-refractivity contribution < 1.29 is 4.57 Å². The molecule has 0 amide bonds. The first-order valence-electron chi connectivity index (χ1n) is 5.72. The molecule has 2 aromatic rings. The van der Waals surface area contributed by atoms with E-state index in [0.29, 0.717) is 10.7 Å². The van der Waals surface area contributed by atoms with Gasteiger partial charge in [0.05, 0.1) is 18.6 Å². The highest BCUT2D eigenvalue weighted by atomic mass is 32.1. The summed E-state index contributed by atoms with van der Waals surface area (Å²) in [6, 6.07) is 2.05. The van der Waals surface area contributed by atoms with E-state index in [4.69, 9.17) is 5.73 Å². The van der Waals surface area contributed by atoms with Crippen LogP contribution < -0.4 is 15.2 Å². The lowest BCUT2D eigenvalue weighted by Crippen LogP contribution is -2.33. The van der Waals surface area contributed by atoms with E-state index in [1.165, 1.54) is 6.21 Å². The summed E-state index contributed by atoms with van der Waals surface area (Å²) in [4.78, 5) is 14.8. The van der Waals surface area contributed by atoms with Gasteiger partial charge in [-0.05, 0) is 47.5 Å². The lowest BCUT2D eigenvalue weighted by Gasteiger charge is -2.00. The van der Waals surface area contributed by atoms with Crippen LogP contribution in [0.5, 0.6) is 0 Å². The van der Waals surface area contributed by atoms with E-state index in [2.05, 4.69) is 33.9 Å². The summed E-state index contributed by atoms with van der Waals surface area (Å²) in [5.41, 5.74) is 7.41. The van der Waals surface area contributed by atoms with E-state index >= 15 is 0 Å². The highest BCUT2D eigenvalue weighted by Gasteiger charge is 2.16. The van der Waals surface area contributed by atoms with Gasteiger partial charge in [-0.2, -0.15) is 15.2 Å². The molecule has 0 atom stereocenters. The van der Waals surface area contributed by atoms with Crippen molar-refractivity contribution in [2.45, 2.75) is 13.8 Å². The maximum absolute atomic E-state index is 11.6. The first kappa shape index (κ1) is 14.4. The molecule has 0 aliphatic rings. The van der Waals surface area contributed by atoms with Crippen molar-refractivity contribution in [2.75, 3.05) is 0 Å². The average Bonchev–Trinajstić information content (AvgIpc) is 2.69. The number of amidine groups is 1. The van der Waals surface area contributed by atoms with E-state index < -0.39 is 0 Å². The molecule has 0 spiro atoms. The first-order valence-corrected chi connectivity index (χ1v) is 6.95. The number of hydrogen-bond donors (Lipinski definition) is 2. The molecule has 0 aliphatic carbocycles. The minimum absolute atomic E-state index is 0.0512. The Labute approximate surface area is 125 Å². The van der Waals surface area contributed by atoms with E-state index in [1.807, 2.05) is 30.8 Å². The zero-order valence-corrected chi connectivity index (χ0v) is 12.6. The van der Waals surface area contributed by atoms with Gasteiger partial charge in [0.25, 0.3) is 0 Å². The number of rotatable bonds is 3. The van der Waals surface area contributed by atoms with Crippen LogP contribution >= 0.6 is 11.3 Å². The van der Waals surface area contributed by atoms with Gasteiger partial charge in [-0.3, -0.25) is 0 Å². The molecule has 6 nitrogen and oxygen atoms in total. The fourth-order valence-electron chi connectivity index (χ4n) is 1.79. The fourth-order valence-corrected chi connectivity index (χ4v) is 2.54. The number of nitrogens with two attached hydrogens (primary N) is 1. The number of thiazole rings is 1. The Balaban J connectivity index is 2.49. The number of aromatic amines is 1. The Bertz CT molecular complexity index is 720. The van der Waals surface area contributed by atoms with Gasteiger partial charge < -0.3 is 18.4 Å².